The van der Waals surface area contributed by atoms with E-state index in [0.717, 1.165) is 36.1 Å². The molecule has 1 fully saturated rings. The average Bonchev–Trinajstić information content (AvgIpc) is 2.76. The first-order chi connectivity index (χ1) is 8.95. The first-order valence-electron chi connectivity index (χ1n) is 6.37. The molecule has 2 rings (SSSR count). The third kappa shape index (κ3) is 3.75. The summed E-state index contributed by atoms with van der Waals surface area (Å²) in [7, 11) is 0. The lowest BCUT2D eigenvalue weighted by atomic mass is 10.0. The minimum atomic E-state index is -0.358. The summed E-state index contributed by atoms with van der Waals surface area (Å²) in [5.41, 5.74) is 7.01. The number of benzene rings is 1. The number of non-ortho nitro benzene ring substituents is 1. The molecule has 0 saturated carbocycles. The lowest BCUT2D eigenvalue weighted by Gasteiger charge is -2.17. The summed E-state index contributed by atoms with van der Waals surface area (Å²) >= 11 is 3.32. The molecule has 1 aromatic carbocycles. The molecule has 2 atom stereocenters. The molecule has 0 spiro atoms. The second kappa shape index (κ2) is 5.98. The fourth-order valence-electron chi connectivity index (χ4n) is 2.52. The van der Waals surface area contributed by atoms with Gasteiger partial charge in [-0.2, -0.15) is 0 Å². The van der Waals surface area contributed by atoms with Gasteiger partial charge in [-0.15, -0.1) is 0 Å². The van der Waals surface area contributed by atoms with Crippen molar-refractivity contribution in [1.29, 1.82) is 0 Å². The largest absolute Gasteiger partial charge is 0.328 e. The van der Waals surface area contributed by atoms with Crippen LogP contribution in [0, 0.1) is 16.0 Å². The molecule has 0 aromatic heterocycles. The number of halogens is 1. The molecule has 1 aliphatic rings. The maximum atomic E-state index is 10.8. The molecule has 6 heteroatoms. The van der Waals surface area contributed by atoms with Crippen LogP contribution in [0.4, 0.5) is 5.69 Å². The molecule has 0 amide bonds. The summed E-state index contributed by atoms with van der Waals surface area (Å²) in [6.07, 6.45) is 1.10. The molecule has 5 nitrogen and oxygen atoms in total. The Bertz CT molecular complexity index is 479. The Balaban J connectivity index is 2.06. The van der Waals surface area contributed by atoms with Crippen LogP contribution >= 0.6 is 15.9 Å². The molecule has 1 aliphatic heterocycles. The summed E-state index contributed by atoms with van der Waals surface area (Å²) in [6, 6.07) is 5.32. The first kappa shape index (κ1) is 14.4. The molecule has 1 heterocycles. The number of nitro benzene ring substituents is 1. The monoisotopic (exact) mass is 327 g/mol. The summed E-state index contributed by atoms with van der Waals surface area (Å²) in [6.45, 7) is 4.76. The standard InChI is InChI=1S/C13H18BrN3O2/c1-9(15)11-2-3-16(8-11)7-10-4-12(14)6-13(5-10)17(18)19/h4-6,9,11H,2-3,7-8,15H2,1H3. The molecule has 104 valence electrons. The second-order valence-corrected chi connectivity index (χ2v) is 6.13. The molecule has 19 heavy (non-hydrogen) atoms. The zero-order valence-electron chi connectivity index (χ0n) is 10.9. The predicted molar refractivity (Wildman–Crippen MR) is 77.8 cm³/mol. The maximum Gasteiger partial charge on any atom is 0.270 e. The minimum Gasteiger partial charge on any atom is -0.328 e. The van der Waals surface area contributed by atoms with Gasteiger partial charge in [-0.25, -0.2) is 0 Å². The van der Waals surface area contributed by atoms with Crippen molar-refractivity contribution < 1.29 is 4.92 Å². The number of nitrogens with zero attached hydrogens (tertiary/aromatic N) is 2. The van der Waals surface area contributed by atoms with E-state index >= 15 is 0 Å². The smallest absolute Gasteiger partial charge is 0.270 e. The zero-order valence-corrected chi connectivity index (χ0v) is 12.5. The average molecular weight is 328 g/mol. The van der Waals surface area contributed by atoms with Crippen molar-refractivity contribution in [3.05, 3.63) is 38.3 Å². The van der Waals surface area contributed by atoms with E-state index in [2.05, 4.69) is 20.8 Å². The molecule has 0 aliphatic carbocycles. The van der Waals surface area contributed by atoms with Crippen LogP contribution in [-0.4, -0.2) is 29.0 Å². The van der Waals surface area contributed by atoms with E-state index in [1.54, 1.807) is 6.07 Å². The first-order valence-corrected chi connectivity index (χ1v) is 7.17. The second-order valence-electron chi connectivity index (χ2n) is 5.22. The van der Waals surface area contributed by atoms with Gasteiger partial charge in [0.15, 0.2) is 0 Å². The molecule has 1 aromatic rings. The fourth-order valence-corrected chi connectivity index (χ4v) is 3.05. The Kier molecular flexibility index (Phi) is 4.54. The normalized spacial score (nSPS) is 21.5. The fraction of sp³-hybridized carbons (Fsp3) is 0.538. The maximum absolute atomic E-state index is 10.8. The molecular weight excluding hydrogens is 310 g/mol. The van der Waals surface area contributed by atoms with Gasteiger partial charge in [0.2, 0.25) is 0 Å². The Morgan fingerprint density at radius 2 is 2.32 bits per heavy atom. The van der Waals surface area contributed by atoms with E-state index in [9.17, 15) is 10.1 Å². The number of rotatable bonds is 4. The number of nitrogens with two attached hydrogens (primary N) is 1. The van der Waals surface area contributed by atoms with Gasteiger partial charge >= 0.3 is 0 Å². The highest BCUT2D eigenvalue weighted by Gasteiger charge is 2.25. The molecule has 0 bridgehead atoms. The Morgan fingerprint density at radius 3 is 2.89 bits per heavy atom. The van der Waals surface area contributed by atoms with Crippen LogP contribution in [-0.2, 0) is 6.54 Å². The number of hydrogen-bond donors (Lipinski definition) is 1. The zero-order chi connectivity index (χ0) is 14.0. The van der Waals surface area contributed by atoms with Crippen LogP contribution in [0.5, 0.6) is 0 Å². The van der Waals surface area contributed by atoms with E-state index in [0.29, 0.717) is 5.92 Å². The number of nitro groups is 1. The van der Waals surface area contributed by atoms with Gasteiger partial charge in [0.25, 0.3) is 5.69 Å². The van der Waals surface area contributed by atoms with Crippen molar-refractivity contribution in [3.63, 3.8) is 0 Å². The van der Waals surface area contributed by atoms with Gasteiger partial charge in [-0.05, 0) is 37.4 Å². The highest BCUT2D eigenvalue weighted by atomic mass is 79.9. The van der Waals surface area contributed by atoms with Crippen LogP contribution in [0.2, 0.25) is 0 Å². The topological polar surface area (TPSA) is 72.4 Å². The van der Waals surface area contributed by atoms with Crippen LogP contribution in [0.15, 0.2) is 22.7 Å². The SMILES string of the molecule is CC(N)C1CCN(Cc2cc(Br)cc([N+](=O)[O-])c2)C1. The lowest BCUT2D eigenvalue weighted by Crippen LogP contribution is -2.29. The molecule has 0 radical (unpaired) electrons. The lowest BCUT2D eigenvalue weighted by molar-refractivity contribution is -0.385. The van der Waals surface area contributed by atoms with E-state index in [1.165, 1.54) is 6.07 Å². The summed E-state index contributed by atoms with van der Waals surface area (Å²) < 4.78 is 0.750. The van der Waals surface area contributed by atoms with Gasteiger partial charge in [0.05, 0.1) is 4.92 Å². The van der Waals surface area contributed by atoms with Gasteiger partial charge in [-0.1, -0.05) is 15.9 Å². The summed E-state index contributed by atoms with van der Waals surface area (Å²) in [5, 5.41) is 10.8. The highest BCUT2D eigenvalue weighted by Crippen LogP contribution is 2.25. The minimum absolute atomic E-state index is 0.132. The van der Waals surface area contributed by atoms with Crippen LogP contribution < -0.4 is 5.73 Å². The van der Waals surface area contributed by atoms with E-state index in [-0.39, 0.29) is 16.7 Å². The van der Waals surface area contributed by atoms with Gasteiger partial charge in [0.1, 0.15) is 0 Å². The van der Waals surface area contributed by atoms with Crippen molar-refractivity contribution in [1.82, 2.24) is 4.90 Å². The number of hydrogen-bond acceptors (Lipinski definition) is 4. The Morgan fingerprint density at radius 1 is 1.58 bits per heavy atom. The van der Waals surface area contributed by atoms with E-state index in [4.69, 9.17) is 5.73 Å². The van der Waals surface area contributed by atoms with Crippen molar-refractivity contribution in [2.75, 3.05) is 13.1 Å². The van der Waals surface area contributed by atoms with E-state index < -0.39 is 0 Å². The molecule has 2 N–H and O–H groups in total. The van der Waals surface area contributed by atoms with Crippen molar-refractivity contribution >= 4 is 21.6 Å². The highest BCUT2D eigenvalue weighted by molar-refractivity contribution is 9.10. The summed E-state index contributed by atoms with van der Waals surface area (Å²) in [4.78, 5) is 12.8. The molecule has 2 unspecified atom stereocenters. The summed E-state index contributed by atoms with van der Waals surface area (Å²) in [5.74, 6) is 0.530. The quantitative estimate of drug-likeness (QED) is 0.681. The van der Waals surface area contributed by atoms with Crippen LogP contribution in [0.1, 0.15) is 18.9 Å². The Labute approximate surface area is 121 Å². The number of likely N-dealkylation sites (tertiary alicyclic amines) is 1. The van der Waals surface area contributed by atoms with E-state index in [1.807, 2.05) is 13.0 Å². The van der Waals surface area contributed by atoms with Crippen molar-refractivity contribution in [3.8, 4) is 0 Å². The molecular formula is C13H18BrN3O2. The van der Waals surface area contributed by atoms with Gasteiger partial charge in [-0.3, -0.25) is 15.0 Å². The Hall–Kier alpha value is -0.980. The van der Waals surface area contributed by atoms with Crippen LogP contribution in [0.25, 0.3) is 0 Å². The molecule has 1 saturated heterocycles. The third-order valence-corrected chi connectivity index (χ3v) is 4.07. The third-order valence-electron chi connectivity index (χ3n) is 3.61. The van der Waals surface area contributed by atoms with Crippen molar-refractivity contribution in [2.45, 2.75) is 25.9 Å². The van der Waals surface area contributed by atoms with Gasteiger partial charge < -0.3 is 5.73 Å². The van der Waals surface area contributed by atoms with Crippen molar-refractivity contribution in [2.24, 2.45) is 11.7 Å². The predicted octanol–water partition coefficient (Wildman–Crippen LogP) is 2.53. The van der Waals surface area contributed by atoms with Crippen LogP contribution in [0.3, 0.4) is 0 Å². The van der Waals surface area contributed by atoms with Gasteiger partial charge in [0, 0.05) is 35.7 Å².